The second-order valence-electron chi connectivity index (χ2n) is 4.86. The molecule has 0 saturated heterocycles. The number of pyridine rings is 1. The molecule has 0 spiro atoms. The molecule has 1 heterocycles. The third-order valence-electron chi connectivity index (χ3n) is 2.62. The summed E-state index contributed by atoms with van der Waals surface area (Å²) in [6.45, 7) is 5.29. The normalized spacial score (nSPS) is 10.9. The topological polar surface area (TPSA) is 68.9 Å². The Balaban J connectivity index is 2.52. The van der Waals surface area contributed by atoms with Crippen LogP contribution in [0.15, 0.2) is 18.2 Å². The van der Waals surface area contributed by atoms with Crippen molar-refractivity contribution in [1.29, 1.82) is 5.26 Å². The van der Waals surface area contributed by atoms with Gasteiger partial charge >= 0.3 is 0 Å². The van der Waals surface area contributed by atoms with Gasteiger partial charge in [-0.1, -0.05) is 19.9 Å². The van der Waals surface area contributed by atoms with Crippen molar-refractivity contribution in [2.75, 3.05) is 18.5 Å². The van der Waals surface area contributed by atoms with Crippen LogP contribution in [-0.2, 0) is 0 Å². The molecule has 1 rings (SSSR count). The second kappa shape index (κ2) is 6.21. The van der Waals surface area contributed by atoms with Crippen molar-refractivity contribution in [3.8, 4) is 6.07 Å². The lowest BCUT2D eigenvalue weighted by Crippen LogP contribution is -2.23. The van der Waals surface area contributed by atoms with Gasteiger partial charge in [0.25, 0.3) is 0 Å². The van der Waals surface area contributed by atoms with E-state index in [1.807, 2.05) is 18.2 Å². The maximum atomic E-state index is 8.81. The third-order valence-corrected chi connectivity index (χ3v) is 2.62. The van der Waals surface area contributed by atoms with Gasteiger partial charge in [0.05, 0.1) is 0 Å². The molecule has 0 unspecified atom stereocenters. The fourth-order valence-electron chi connectivity index (χ4n) is 1.57. The minimum atomic E-state index is 0.104. The molecule has 0 atom stereocenters. The van der Waals surface area contributed by atoms with Crippen molar-refractivity contribution in [2.24, 2.45) is 5.41 Å². The van der Waals surface area contributed by atoms with Crippen molar-refractivity contribution in [3.05, 3.63) is 23.9 Å². The molecule has 17 heavy (non-hydrogen) atoms. The van der Waals surface area contributed by atoms with Crippen molar-refractivity contribution in [3.63, 3.8) is 0 Å². The fourth-order valence-corrected chi connectivity index (χ4v) is 1.57. The van der Waals surface area contributed by atoms with Gasteiger partial charge in [-0.25, -0.2) is 4.98 Å². The van der Waals surface area contributed by atoms with Crippen molar-refractivity contribution in [2.45, 2.75) is 26.7 Å². The van der Waals surface area contributed by atoms with E-state index >= 15 is 0 Å². The standard InChI is InChI=1S/C13H19N3O/c1-13(2,7-4-8-17)10-15-12-6-3-5-11(9-14)16-12/h3,5-6,17H,4,7-8,10H2,1-2H3,(H,15,16). The molecule has 0 fully saturated rings. The Labute approximate surface area is 102 Å². The predicted molar refractivity (Wildman–Crippen MR) is 67.5 cm³/mol. The van der Waals surface area contributed by atoms with E-state index in [0.717, 1.165) is 25.2 Å². The van der Waals surface area contributed by atoms with Crippen LogP contribution in [0.2, 0.25) is 0 Å². The number of hydrogen-bond acceptors (Lipinski definition) is 4. The molecule has 0 aliphatic carbocycles. The number of nitrogens with zero attached hydrogens (tertiary/aromatic N) is 2. The average molecular weight is 233 g/mol. The lowest BCUT2D eigenvalue weighted by molar-refractivity contribution is 0.248. The molecule has 0 aliphatic rings. The Hall–Kier alpha value is -1.60. The second-order valence-corrected chi connectivity index (χ2v) is 4.86. The summed E-state index contributed by atoms with van der Waals surface area (Å²) in [5.41, 5.74) is 0.524. The molecule has 0 aromatic carbocycles. The number of nitriles is 1. The first-order valence-electron chi connectivity index (χ1n) is 5.79. The van der Waals surface area contributed by atoms with Gasteiger partial charge in [-0.15, -0.1) is 0 Å². The van der Waals surface area contributed by atoms with E-state index in [1.54, 1.807) is 6.07 Å². The van der Waals surface area contributed by atoms with E-state index < -0.39 is 0 Å². The molecule has 0 bridgehead atoms. The Kier molecular flexibility index (Phi) is 4.92. The summed E-state index contributed by atoms with van der Waals surface area (Å²) in [5.74, 6) is 0.723. The van der Waals surface area contributed by atoms with Gasteiger partial charge < -0.3 is 10.4 Å². The summed E-state index contributed by atoms with van der Waals surface area (Å²) < 4.78 is 0. The zero-order valence-corrected chi connectivity index (χ0v) is 10.4. The van der Waals surface area contributed by atoms with Gasteiger partial charge in [-0.3, -0.25) is 0 Å². The largest absolute Gasteiger partial charge is 0.396 e. The number of nitrogens with one attached hydrogen (secondary N) is 1. The van der Waals surface area contributed by atoms with Crippen molar-refractivity contribution in [1.82, 2.24) is 4.98 Å². The Morgan fingerprint density at radius 3 is 2.88 bits per heavy atom. The van der Waals surface area contributed by atoms with Crippen LogP contribution in [0.1, 0.15) is 32.4 Å². The summed E-state index contributed by atoms with van der Waals surface area (Å²) >= 11 is 0. The van der Waals surface area contributed by atoms with Crippen LogP contribution in [0.3, 0.4) is 0 Å². The number of rotatable bonds is 6. The molecule has 0 aliphatic heterocycles. The van der Waals surface area contributed by atoms with Crippen LogP contribution in [0, 0.1) is 16.7 Å². The smallest absolute Gasteiger partial charge is 0.142 e. The highest BCUT2D eigenvalue weighted by Gasteiger charge is 2.17. The van der Waals surface area contributed by atoms with E-state index in [2.05, 4.69) is 24.1 Å². The summed E-state index contributed by atoms with van der Waals surface area (Å²) in [6, 6.07) is 7.36. The fraction of sp³-hybridized carbons (Fsp3) is 0.538. The molecule has 4 nitrogen and oxygen atoms in total. The van der Waals surface area contributed by atoms with E-state index in [1.165, 1.54) is 0 Å². The Bertz CT molecular complexity index is 396. The van der Waals surface area contributed by atoms with E-state index in [0.29, 0.717) is 5.69 Å². The van der Waals surface area contributed by atoms with Crippen LogP contribution in [-0.4, -0.2) is 23.2 Å². The lowest BCUT2D eigenvalue weighted by Gasteiger charge is -2.24. The maximum Gasteiger partial charge on any atom is 0.142 e. The SMILES string of the molecule is CC(C)(CCCO)CNc1cccc(C#N)n1. The van der Waals surface area contributed by atoms with Gasteiger partial charge in [-0.05, 0) is 30.4 Å². The van der Waals surface area contributed by atoms with Gasteiger partial charge in [0.2, 0.25) is 0 Å². The monoisotopic (exact) mass is 233 g/mol. The molecule has 0 amide bonds. The highest BCUT2D eigenvalue weighted by Crippen LogP contribution is 2.22. The van der Waals surface area contributed by atoms with Crippen LogP contribution >= 0.6 is 0 Å². The zero-order chi connectivity index (χ0) is 12.7. The van der Waals surface area contributed by atoms with E-state index in [9.17, 15) is 0 Å². The minimum absolute atomic E-state index is 0.104. The van der Waals surface area contributed by atoms with Gasteiger partial charge in [0, 0.05) is 13.2 Å². The quantitative estimate of drug-likeness (QED) is 0.790. The molecule has 0 radical (unpaired) electrons. The first kappa shape index (κ1) is 13.5. The van der Waals surface area contributed by atoms with Crippen LogP contribution in [0.4, 0.5) is 5.82 Å². The van der Waals surface area contributed by atoms with E-state index in [4.69, 9.17) is 10.4 Å². The molecule has 1 aromatic heterocycles. The summed E-state index contributed by atoms with van der Waals surface area (Å²) in [5, 5.41) is 20.8. The molecule has 4 heteroatoms. The first-order chi connectivity index (χ1) is 8.07. The number of anilines is 1. The molecule has 1 aromatic rings. The Morgan fingerprint density at radius 2 is 2.24 bits per heavy atom. The molecular formula is C13H19N3O. The number of aromatic nitrogens is 1. The van der Waals surface area contributed by atoms with Crippen LogP contribution in [0.5, 0.6) is 0 Å². The minimum Gasteiger partial charge on any atom is -0.396 e. The van der Waals surface area contributed by atoms with Crippen LogP contribution < -0.4 is 5.32 Å². The first-order valence-corrected chi connectivity index (χ1v) is 5.79. The van der Waals surface area contributed by atoms with Crippen LogP contribution in [0.25, 0.3) is 0 Å². The summed E-state index contributed by atoms with van der Waals surface area (Å²) in [7, 11) is 0. The molecule has 0 saturated carbocycles. The maximum absolute atomic E-state index is 8.81. The third kappa shape index (κ3) is 4.83. The average Bonchev–Trinajstić information content (AvgIpc) is 2.34. The number of hydrogen-bond donors (Lipinski definition) is 2. The van der Waals surface area contributed by atoms with Gasteiger partial charge in [0.1, 0.15) is 17.6 Å². The highest BCUT2D eigenvalue weighted by atomic mass is 16.2. The molecular weight excluding hydrogens is 214 g/mol. The zero-order valence-electron chi connectivity index (χ0n) is 10.4. The Morgan fingerprint density at radius 1 is 1.47 bits per heavy atom. The summed E-state index contributed by atoms with van der Waals surface area (Å²) in [4.78, 5) is 4.15. The number of aliphatic hydroxyl groups is 1. The molecule has 2 N–H and O–H groups in total. The van der Waals surface area contributed by atoms with Crippen molar-refractivity contribution >= 4 is 5.82 Å². The highest BCUT2D eigenvalue weighted by molar-refractivity contribution is 5.38. The predicted octanol–water partition coefficient (Wildman–Crippen LogP) is 2.16. The lowest BCUT2D eigenvalue weighted by atomic mass is 9.88. The van der Waals surface area contributed by atoms with Gasteiger partial charge in [-0.2, -0.15) is 5.26 Å². The molecule has 92 valence electrons. The van der Waals surface area contributed by atoms with E-state index in [-0.39, 0.29) is 12.0 Å². The van der Waals surface area contributed by atoms with Crippen molar-refractivity contribution < 1.29 is 5.11 Å². The number of aliphatic hydroxyl groups excluding tert-OH is 1. The summed E-state index contributed by atoms with van der Waals surface area (Å²) in [6.07, 6.45) is 1.76. The van der Waals surface area contributed by atoms with Gasteiger partial charge in [0.15, 0.2) is 0 Å².